The number of hydrogen-bond acceptors (Lipinski definition) is 8. The molecule has 9 nitrogen and oxygen atoms in total. The van der Waals surface area contributed by atoms with Crippen LogP contribution < -0.4 is 0 Å². The molecule has 0 aliphatic heterocycles. The van der Waals surface area contributed by atoms with Crippen LogP contribution in [0.4, 0.5) is 11.4 Å². The molecule has 2 heterocycles. The van der Waals surface area contributed by atoms with Gasteiger partial charge in [0.2, 0.25) is 0 Å². The number of oxazole rings is 1. The molecule has 0 unspecified atom stereocenters. The van der Waals surface area contributed by atoms with E-state index in [0.29, 0.717) is 11.1 Å². The van der Waals surface area contributed by atoms with Gasteiger partial charge in [-0.05, 0) is 23.9 Å². The van der Waals surface area contributed by atoms with E-state index in [1.165, 1.54) is 0 Å². The van der Waals surface area contributed by atoms with Crippen LogP contribution in [-0.2, 0) is 0 Å². The number of hydrogen-bond donors (Lipinski definition) is 0. The maximum Gasteiger partial charge on any atom is 0.308 e. The first-order valence-electron chi connectivity index (χ1n) is 5.87. The van der Waals surface area contributed by atoms with Crippen LogP contribution >= 0.6 is 11.8 Å². The van der Waals surface area contributed by atoms with Gasteiger partial charge in [-0.15, -0.1) is 0 Å². The molecule has 3 rings (SSSR count). The summed E-state index contributed by atoms with van der Waals surface area (Å²) in [6.45, 7) is 0. The summed E-state index contributed by atoms with van der Waals surface area (Å²) in [5.41, 5.74) is 0.221. The van der Waals surface area contributed by atoms with Crippen molar-refractivity contribution in [2.75, 3.05) is 0 Å². The van der Waals surface area contributed by atoms with Crippen molar-refractivity contribution in [2.24, 2.45) is 0 Å². The van der Waals surface area contributed by atoms with E-state index in [9.17, 15) is 20.2 Å². The number of nitrogens with zero attached hydrogens (tertiary/aromatic N) is 4. The summed E-state index contributed by atoms with van der Waals surface area (Å²) < 4.78 is 5.44. The zero-order valence-electron chi connectivity index (χ0n) is 10.7. The molecule has 0 radical (unpaired) electrons. The Balaban J connectivity index is 2.00. The molecule has 0 fully saturated rings. The van der Waals surface area contributed by atoms with Gasteiger partial charge in [-0.1, -0.05) is 12.1 Å². The third-order valence-corrected chi connectivity index (χ3v) is 3.54. The van der Waals surface area contributed by atoms with Gasteiger partial charge in [0.25, 0.3) is 10.9 Å². The first-order chi connectivity index (χ1) is 10.5. The number of rotatable bonds is 4. The molecule has 0 N–H and O–H groups in total. The Labute approximate surface area is 126 Å². The van der Waals surface area contributed by atoms with Crippen LogP contribution in [0.5, 0.6) is 0 Å². The number of pyridine rings is 1. The van der Waals surface area contributed by atoms with Crippen molar-refractivity contribution in [3.05, 3.63) is 56.8 Å². The van der Waals surface area contributed by atoms with E-state index >= 15 is 0 Å². The zero-order chi connectivity index (χ0) is 15.7. The van der Waals surface area contributed by atoms with E-state index < -0.39 is 21.2 Å². The number of nitro groups is 2. The molecule has 0 aliphatic carbocycles. The molecule has 22 heavy (non-hydrogen) atoms. The fourth-order valence-electron chi connectivity index (χ4n) is 1.72. The Morgan fingerprint density at radius 2 is 1.91 bits per heavy atom. The van der Waals surface area contributed by atoms with Gasteiger partial charge in [0, 0.05) is 0 Å². The van der Waals surface area contributed by atoms with Gasteiger partial charge in [-0.25, -0.2) is 9.97 Å². The molecule has 110 valence electrons. The van der Waals surface area contributed by atoms with Crippen LogP contribution in [0.2, 0.25) is 0 Å². The summed E-state index contributed by atoms with van der Waals surface area (Å²) >= 11 is 0.836. The lowest BCUT2D eigenvalue weighted by atomic mass is 10.3. The van der Waals surface area contributed by atoms with Crippen molar-refractivity contribution in [1.29, 1.82) is 0 Å². The second-order valence-electron chi connectivity index (χ2n) is 4.08. The summed E-state index contributed by atoms with van der Waals surface area (Å²) in [5, 5.41) is 21.9. The van der Waals surface area contributed by atoms with Crippen molar-refractivity contribution in [2.45, 2.75) is 10.2 Å². The summed E-state index contributed by atoms with van der Waals surface area (Å²) in [6.07, 6.45) is 0.956. The van der Waals surface area contributed by atoms with Crippen LogP contribution in [0.15, 0.2) is 51.2 Å². The van der Waals surface area contributed by atoms with E-state index in [1.54, 1.807) is 24.3 Å². The van der Waals surface area contributed by atoms with Crippen LogP contribution in [0, 0.1) is 20.2 Å². The van der Waals surface area contributed by atoms with E-state index in [0.717, 1.165) is 24.0 Å². The first-order valence-corrected chi connectivity index (χ1v) is 6.68. The number of fused-ring (bicyclic) bond motifs is 1. The van der Waals surface area contributed by atoms with Crippen molar-refractivity contribution < 1.29 is 14.3 Å². The highest BCUT2D eigenvalue weighted by Gasteiger charge is 2.23. The third kappa shape index (κ3) is 2.59. The van der Waals surface area contributed by atoms with E-state index in [-0.39, 0.29) is 10.2 Å². The Hall–Kier alpha value is -3.01. The monoisotopic (exact) mass is 318 g/mol. The van der Waals surface area contributed by atoms with Gasteiger partial charge in [-0.3, -0.25) is 20.2 Å². The van der Waals surface area contributed by atoms with Gasteiger partial charge in [0.1, 0.15) is 11.7 Å². The zero-order valence-corrected chi connectivity index (χ0v) is 11.5. The highest BCUT2D eigenvalue weighted by molar-refractivity contribution is 7.99. The first kappa shape index (κ1) is 13.9. The number of aromatic nitrogens is 2. The summed E-state index contributed by atoms with van der Waals surface area (Å²) in [5.74, 6) is 0. The van der Waals surface area contributed by atoms with Gasteiger partial charge in [0.05, 0.1) is 15.9 Å². The molecule has 10 heteroatoms. The average Bonchev–Trinajstić information content (AvgIpc) is 2.89. The predicted octanol–water partition coefficient (Wildman–Crippen LogP) is 3.19. The number of para-hydroxylation sites is 2. The Morgan fingerprint density at radius 1 is 1.14 bits per heavy atom. The fourth-order valence-corrected chi connectivity index (χ4v) is 2.50. The Bertz CT molecular complexity index is 861. The average molecular weight is 318 g/mol. The second kappa shape index (κ2) is 5.41. The molecule has 0 saturated heterocycles. The Kier molecular flexibility index (Phi) is 3.43. The minimum absolute atomic E-state index is 0.0258. The lowest BCUT2D eigenvalue weighted by Crippen LogP contribution is -1.96. The van der Waals surface area contributed by atoms with Crippen molar-refractivity contribution in [1.82, 2.24) is 9.97 Å². The van der Waals surface area contributed by atoms with Gasteiger partial charge in [0.15, 0.2) is 10.6 Å². The number of benzene rings is 1. The predicted molar refractivity (Wildman–Crippen MR) is 75.7 cm³/mol. The molecule has 0 bridgehead atoms. The van der Waals surface area contributed by atoms with Crippen molar-refractivity contribution in [3.8, 4) is 0 Å². The minimum Gasteiger partial charge on any atom is -0.431 e. The van der Waals surface area contributed by atoms with Gasteiger partial charge >= 0.3 is 5.69 Å². The van der Waals surface area contributed by atoms with Crippen LogP contribution in [0.25, 0.3) is 11.1 Å². The molecule has 1 aromatic carbocycles. The molecule has 0 atom stereocenters. The SMILES string of the molecule is O=[N+]([O-])c1cnc(Sc2nc3ccccc3o2)c([N+](=O)[O-])c1. The van der Waals surface area contributed by atoms with Crippen molar-refractivity contribution in [3.63, 3.8) is 0 Å². The second-order valence-corrected chi connectivity index (χ2v) is 5.02. The largest absolute Gasteiger partial charge is 0.431 e. The normalized spacial score (nSPS) is 10.7. The molecule has 3 aromatic rings. The summed E-state index contributed by atoms with van der Waals surface area (Å²) in [7, 11) is 0. The summed E-state index contributed by atoms with van der Waals surface area (Å²) in [6, 6.07) is 7.86. The fraction of sp³-hybridized carbons (Fsp3) is 0. The molecular weight excluding hydrogens is 312 g/mol. The molecule has 0 spiro atoms. The third-order valence-electron chi connectivity index (χ3n) is 2.68. The molecule has 0 amide bonds. The molecule has 2 aromatic heterocycles. The van der Waals surface area contributed by atoms with Crippen LogP contribution in [-0.4, -0.2) is 19.8 Å². The lowest BCUT2D eigenvalue weighted by molar-refractivity contribution is -0.396. The molecule has 0 aliphatic rings. The van der Waals surface area contributed by atoms with Gasteiger partial charge in [-0.2, -0.15) is 0 Å². The summed E-state index contributed by atoms with van der Waals surface area (Å²) in [4.78, 5) is 28.2. The van der Waals surface area contributed by atoms with E-state index in [1.807, 2.05) is 0 Å². The lowest BCUT2D eigenvalue weighted by Gasteiger charge is -1.98. The van der Waals surface area contributed by atoms with Crippen LogP contribution in [0.3, 0.4) is 0 Å². The van der Waals surface area contributed by atoms with E-state index in [4.69, 9.17) is 4.42 Å². The highest BCUT2D eigenvalue weighted by atomic mass is 32.2. The maximum absolute atomic E-state index is 11.0. The van der Waals surface area contributed by atoms with E-state index in [2.05, 4.69) is 9.97 Å². The molecule has 0 saturated carbocycles. The van der Waals surface area contributed by atoms with Gasteiger partial charge < -0.3 is 4.42 Å². The quantitative estimate of drug-likeness (QED) is 0.530. The topological polar surface area (TPSA) is 125 Å². The minimum atomic E-state index is -0.742. The van der Waals surface area contributed by atoms with Crippen LogP contribution in [0.1, 0.15) is 0 Å². The Morgan fingerprint density at radius 3 is 2.59 bits per heavy atom. The highest BCUT2D eigenvalue weighted by Crippen LogP contribution is 2.35. The molecular formula is C12H6N4O5S. The maximum atomic E-state index is 11.0. The smallest absolute Gasteiger partial charge is 0.308 e. The standard InChI is InChI=1S/C12H6N4O5S/c17-15(18)7-5-9(16(19)20)11(13-6-7)22-12-14-8-3-1-2-4-10(8)21-12/h1-6H. The van der Waals surface area contributed by atoms with Crippen molar-refractivity contribution >= 4 is 34.2 Å².